The molecule has 28 heavy (non-hydrogen) atoms. The van der Waals surface area contributed by atoms with Gasteiger partial charge in [0.15, 0.2) is 0 Å². The van der Waals surface area contributed by atoms with Crippen molar-refractivity contribution < 1.29 is 14.3 Å². The Kier molecular flexibility index (Phi) is 6.52. The molecule has 2 aromatic carbocycles. The lowest BCUT2D eigenvalue weighted by molar-refractivity contribution is -0.131. The molecule has 2 N–H and O–H groups in total. The van der Waals surface area contributed by atoms with Gasteiger partial charge in [-0.05, 0) is 55.2 Å². The summed E-state index contributed by atoms with van der Waals surface area (Å²) >= 11 is 3.46. The van der Waals surface area contributed by atoms with Crippen LogP contribution < -0.4 is 10.6 Å². The number of hydrogen-bond donors (Lipinski definition) is 2. The van der Waals surface area contributed by atoms with E-state index in [-0.39, 0.29) is 17.9 Å². The monoisotopic (exact) mass is 444 g/mol. The smallest absolute Gasteiger partial charge is 0.231 e. The molecule has 0 aliphatic carbocycles. The maximum atomic E-state index is 13.4. The second-order valence-corrected chi connectivity index (χ2v) is 8.12. The number of rotatable bonds is 5. The Morgan fingerprint density at radius 2 is 1.79 bits per heavy atom. The van der Waals surface area contributed by atoms with Crippen molar-refractivity contribution >= 4 is 33.4 Å². The molecule has 6 heteroatoms. The highest BCUT2D eigenvalue weighted by molar-refractivity contribution is 9.10. The first kappa shape index (κ1) is 20.6. The lowest BCUT2D eigenvalue weighted by atomic mass is 9.73. The van der Waals surface area contributed by atoms with Gasteiger partial charge in [-0.15, -0.1) is 0 Å². The minimum atomic E-state index is -0.595. The summed E-state index contributed by atoms with van der Waals surface area (Å²) in [7, 11) is 0. The molecule has 0 spiro atoms. The fraction of sp³-hybridized carbons (Fsp3) is 0.364. The second-order valence-electron chi connectivity index (χ2n) is 7.20. The van der Waals surface area contributed by atoms with Gasteiger partial charge in [-0.2, -0.15) is 0 Å². The zero-order chi connectivity index (χ0) is 20.1. The fourth-order valence-electron chi connectivity index (χ4n) is 3.64. The Morgan fingerprint density at radius 3 is 2.43 bits per heavy atom. The number of amides is 2. The van der Waals surface area contributed by atoms with E-state index in [2.05, 4.69) is 26.6 Å². The zero-order valence-corrected chi connectivity index (χ0v) is 17.7. The third-order valence-corrected chi connectivity index (χ3v) is 5.76. The van der Waals surface area contributed by atoms with Crippen molar-refractivity contribution in [2.24, 2.45) is 0 Å². The van der Waals surface area contributed by atoms with Crippen molar-refractivity contribution in [3.05, 3.63) is 64.1 Å². The summed E-state index contributed by atoms with van der Waals surface area (Å²) in [6.45, 7) is 4.57. The maximum absolute atomic E-state index is 13.4. The van der Waals surface area contributed by atoms with E-state index in [4.69, 9.17) is 4.74 Å². The Hall–Kier alpha value is -2.18. The van der Waals surface area contributed by atoms with E-state index in [0.29, 0.717) is 26.1 Å². The van der Waals surface area contributed by atoms with E-state index >= 15 is 0 Å². The van der Waals surface area contributed by atoms with Crippen LogP contribution in [0, 0.1) is 0 Å². The molecule has 0 bridgehead atoms. The molecular formula is C22H25BrN2O3. The number of ether oxygens (including phenoxy) is 1. The quantitative estimate of drug-likeness (QED) is 0.720. The van der Waals surface area contributed by atoms with Gasteiger partial charge in [0.25, 0.3) is 0 Å². The Morgan fingerprint density at radius 1 is 1.11 bits per heavy atom. The van der Waals surface area contributed by atoms with Crippen molar-refractivity contribution in [2.45, 2.75) is 38.1 Å². The number of halogens is 1. The van der Waals surface area contributed by atoms with Gasteiger partial charge in [-0.3, -0.25) is 9.59 Å². The molecule has 1 aliphatic heterocycles. The first-order valence-corrected chi connectivity index (χ1v) is 10.2. The Balaban J connectivity index is 1.82. The lowest BCUT2D eigenvalue weighted by Crippen LogP contribution is -2.48. The highest BCUT2D eigenvalue weighted by atomic mass is 79.9. The van der Waals surface area contributed by atoms with Crippen LogP contribution in [0.15, 0.2) is 53.0 Å². The molecule has 0 saturated carbocycles. The average molecular weight is 445 g/mol. The van der Waals surface area contributed by atoms with E-state index in [1.165, 1.54) is 6.92 Å². The topological polar surface area (TPSA) is 67.4 Å². The highest BCUT2D eigenvalue weighted by Crippen LogP contribution is 2.36. The summed E-state index contributed by atoms with van der Waals surface area (Å²) < 4.78 is 6.52. The molecule has 0 aromatic heterocycles. The fourth-order valence-corrected chi connectivity index (χ4v) is 3.91. The van der Waals surface area contributed by atoms with Crippen LogP contribution in [-0.2, 0) is 19.7 Å². The summed E-state index contributed by atoms with van der Waals surface area (Å²) in [6.07, 6.45) is 1.30. The third kappa shape index (κ3) is 4.62. The van der Waals surface area contributed by atoms with Crippen LogP contribution in [0.3, 0.4) is 0 Å². The van der Waals surface area contributed by atoms with Crippen LogP contribution in [0.5, 0.6) is 0 Å². The van der Waals surface area contributed by atoms with Gasteiger partial charge in [0.05, 0.1) is 11.5 Å². The Labute approximate surface area is 174 Å². The molecule has 1 saturated heterocycles. The predicted octanol–water partition coefficient (Wildman–Crippen LogP) is 4.33. The van der Waals surface area contributed by atoms with Gasteiger partial charge in [-0.1, -0.05) is 40.2 Å². The van der Waals surface area contributed by atoms with Crippen molar-refractivity contribution in [2.75, 3.05) is 18.5 Å². The molecule has 1 fully saturated rings. The number of anilines is 1. The van der Waals surface area contributed by atoms with Crippen molar-refractivity contribution in [3.63, 3.8) is 0 Å². The standard InChI is InChI=1S/C22H25BrN2O3/c1-15(17-4-3-5-20(14-17)25-16(2)26)24-21(27)22(10-12-28-13-11-22)18-6-8-19(23)9-7-18/h3-9,14-15H,10-13H2,1-2H3,(H,24,27)(H,25,26). The summed E-state index contributed by atoms with van der Waals surface area (Å²) in [5, 5.41) is 5.96. The number of nitrogens with one attached hydrogen (secondary N) is 2. The molecular weight excluding hydrogens is 420 g/mol. The number of hydrogen-bond acceptors (Lipinski definition) is 3. The molecule has 1 heterocycles. The van der Waals surface area contributed by atoms with Crippen molar-refractivity contribution in [1.29, 1.82) is 0 Å². The highest BCUT2D eigenvalue weighted by Gasteiger charge is 2.42. The third-order valence-electron chi connectivity index (χ3n) is 5.23. The molecule has 5 nitrogen and oxygen atoms in total. The van der Waals surface area contributed by atoms with E-state index in [0.717, 1.165) is 21.3 Å². The number of carbonyl (C=O) groups excluding carboxylic acids is 2. The van der Waals surface area contributed by atoms with Crippen molar-refractivity contribution in [3.8, 4) is 0 Å². The molecule has 0 radical (unpaired) electrons. The maximum Gasteiger partial charge on any atom is 0.231 e. The summed E-state index contributed by atoms with van der Waals surface area (Å²) in [4.78, 5) is 24.7. The van der Waals surface area contributed by atoms with Gasteiger partial charge in [-0.25, -0.2) is 0 Å². The molecule has 3 rings (SSSR count). The van der Waals surface area contributed by atoms with Crippen LogP contribution in [0.4, 0.5) is 5.69 Å². The molecule has 1 atom stereocenters. The van der Waals surface area contributed by atoms with Gasteiger partial charge < -0.3 is 15.4 Å². The lowest BCUT2D eigenvalue weighted by Gasteiger charge is -2.37. The largest absolute Gasteiger partial charge is 0.381 e. The van der Waals surface area contributed by atoms with Crippen LogP contribution in [0.1, 0.15) is 43.9 Å². The number of benzene rings is 2. The molecule has 148 valence electrons. The van der Waals surface area contributed by atoms with Gasteiger partial charge in [0.2, 0.25) is 11.8 Å². The SMILES string of the molecule is CC(=O)Nc1cccc(C(C)NC(=O)C2(c3ccc(Br)cc3)CCOCC2)c1. The van der Waals surface area contributed by atoms with Gasteiger partial charge >= 0.3 is 0 Å². The van der Waals surface area contributed by atoms with Crippen LogP contribution in [0.25, 0.3) is 0 Å². The minimum absolute atomic E-state index is 0.00977. The van der Waals surface area contributed by atoms with Gasteiger partial charge in [0.1, 0.15) is 0 Å². The zero-order valence-electron chi connectivity index (χ0n) is 16.1. The summed E-state index contributed by atoms with van der Waals surface area (Å²) in [5.41, 5.74) is 2.08. The first-order valence-electron chi connectivity index (χ1n) is 9.43. The normalized spacial score (nSPS) is 16.8. The van der Waals surface area contributed by atoms with E-state index in [1.807, 2.05) is 55.5 Å². The predicted molar refractivity (Wildman–Crippen MR) is 113 cm³/mol. The van der Waals surface area contributed by atoms with Gasteiger partial charge in [0, 0.05) is 30.3 Å². The summed E-state index contributed by atoms with van der Waals surface area (Å²) in [6, 6.07) is 15.3. The molecule has 2 amide bonds. The average Bonchev–Trinajstić information content (AvgIpc) is 2.68. The van der Waals surface area contributed by atoms with Crippen LogP contribution >= 0.6 is 15.9 Å². The van der Waals surface area contributed by atoms with E-state index in [1.54, 1.807) is 0 Å². The van der Waals surface area contributed by atoms with Crippen molar-refractivity contribution in [1.82, 2.24) is 5.32 Å². The van der Waals surface area contributed by atoms with E-state index in [9.17, 15) is 9.59 Å². The van der Waals surface area contributed by atoms with Crippen LogP contribution in [-0.4, -0.2) is 25.0 Å². The molecule has 1 aliphatic rings. The minimum Gasteiger partial charge on any atom is -0.381 e. The molecule has 2 aromatic rings. The Bertz CT molecular complexity index is 845. The summed E-state index contributed by atoms with van der Waals surface area (Å²) in [5.74, 6) is -0.110. The first-order chi connectivity index (χ1) is 13.4. The molecule has 1 unspecified atom stereocenters. The number of carbonyl (C=O) groups is 2. The second kappa shape index (κ2) is 8.88. The van der Waals surface area contributed by atoms with Crippen LogP contribution in [0.2, 0.25) is 0 Å². The van der Waals surface area contributed by atoms with E-state index < -0.39 is 5.41 Å².